The Morgan fingerprint density at radius 1 is 1.47 bits per heavy atom. The van der Waals surface area contributed by atoms with Crippen LogP contribution in [-0.2, 0) is 12.0 Å². The van der Waals surface area contributed by atoms with Crippen molar-refractivity contribution in [2.45, 2.75) is 37.8 Å². The van der Waals surface area contributed by atoms with E-state index < -0.39 is 0 Å². The minimum absolute atomic E-state index is 0.0713. The van der Waals surface area contributed by atoms with Crippen LogP contribution in [0.2, 0.25) is 0 Å². The molecule has 15 heavy (non-hydrogen) atoms. The molecule has 1 aromatic heterocycles. The highest BCUT2D eigenvalue weighted by Gasteiger charge is 2.20. The molecular weight excluding hydrogens is 208 g/mol. The third-order valence-electron chi connectivity index (χ3n) is 1.90. The molecule has 1 aromatic rings. The number of nitrogens with zero attached hydrogens (tertiary/aromatic N) is 4. The van der Waals surface area contributed by atoms with Crippen LogP contribution in [0.1, 0.15) is 26.5 Å². The normalized spacial score (nSPS) is 10.7. The number of nitriles is 2. The predicted octanol–water partition coefficient (Wildman–Crippen LogP) is 2.28. The Balaban J connectivity index is 3.14. The molecule has 0 aromatic carbocycles. The maximum Gasteiger partial charge on any atom is 0.140 e. The van der Waals surface area contributed by atoms with E-state index in [1.165, 1.54) is 0 Å². The summed E-state index contributed by atoms with van der Waals surface area (Å²) in [7, 11) is 0. The Morgan fingerprint density at radius 3 is 2.60 bits per heavy atom. The molecule has 78 valence electrons. The van der Waals surface area contributed by atoms with Gasteiger partial charge in [-0.05, 0) is 6.07 Å². The first-order chi connectivity index (χ1) is 6.99. The van der Waals surface area contributed by atoms with Gasteiger partial charge in [0.15, 0.2) is 0 Å². The molecule has 0 N–H and O–H groups in total. The molecule has 0 aliphatic carbocycles. The zero-order chi connectivity index (χ0) is 11.5. The molecule has 0 atom stereocenters. The lowest BCUT2D eigenvalue weighted by Gasteiger charge is -2.18. The minimum Gasteiger partial charge on any atom is -0.254 e. The quantitative estimate of drug-likeness (QED) is 0.566. The summed E-state index contributed by atoms with van der Waals surface area (Å²) in [4.78, 5) is 0. The van der Waals surface area contributed by atoms with E-state index in [1.54, 1.807) is 4.68 Å². The first-order valence-electron chi connectivity index (χ1n) is 4.50. The van der Waals surface area contributed by atoms with Gasteiger partial charge in [-0.2, -0.15) is 15.6 Å². The lowest BCUT2D eigenvalue weighted by atomic mass is 9.92. The van der Waals surface area contributed by atoms with Crippen molar-refractivity contribution >= 4 is 11.8 Å². The Hall–Kier alpha value is -1.46. The van der Waals surface area contributed by atoms with Gasteiger partial charge in [-0.15, -0.1) is 0 Å². The molecule has 1 heterocycles. The van der Waals surface area contributed by atoms with E-state index in [2.05, 4.69) is 31.9 Å². The number of hydrogen-bond donors (Lipinski definition) is 0. The third-order valence-corrected chi connectivity index (χ3v) is 2.40. The first-order valence-corrected chi connectivity index (χ1v) is 5.32. The van der Waals surface area contributed by atoms with Gasteiger partial charge < -0.3 is 0 Å². The highest BCUT2D eigenvalue weighted by atomic mass is 32.2. The summed E-state index contributed by atoms with van der Waals surface area (Å²) < 4.78 is 1.65. The Kier molecular flexibility index (Phi) is 3.39. The maximum atomic E-state index is 8.67. The van der Waals surface area contributed by atoms with E-state index in [0.717, 1.165) is 17.5 Å². The van der Waals surface area contributed by atoms with Crippen LogP contribution in [0.5, 0.6) is 0 Å². The summed E-state index contributed by atoms with van der Waals surface area (Å²) in [5.41, 5.74) is 0.903. The second kappa shape index (κ2) is 4.37. The summed E-state index contributed by atoms with van der Waals surface area (Å²) in [6.07, 6.45) is 0. The molecule has 4 nitrogen and oxygen atoms in total. The molecule has 5 heteroatoms. The van der Waals surface area contributed by atoms with Crippen molar-refractivity contribution in [3.8, 4) is 11.5 Å². The van der Waals surface area contributed by atoms with E-state index in [0.29, 0.717) is 5.03 Å². The molecule has 0 radical (unpaired) electrons. The van der Waals surface area contributed by atoms with Crippen molar-refractivity contribution in [2.24, 2.45) is 0 Å². The van der Waals surface area contributed by atoms with Crippen LogP contribution in [0.4, 0.5) is 0 Å². The molecular formula is C10H12N4S. The van der Waals surface area contributed by atoms with Gasteiger partial charge in [0, 0.05) is 22.9 Å². The second-order valence-electron chi connectivity index (χ2n) is 4.13. The Bertz CT molecular complexity index is 428. The van der Waals surface area contributed by atoms with Crippen LogP contribution < -0.4 is 0 Å². The average Bonchev–Trinajstić information content (AvgIpc) is 2.49. The first kappa shape index (κ1) is 11.6. The SMILES string of the molecule is CC(C)(C)c1cc(SC#N)nn1CC#N. The largest absolute Gasteiger partial charge is 0.254 e. The van der Waals surface area contributed by atoms with Crippen LogP contribution in [0.15, 0.2) is 11.1 Å². The van der Waals surface area contributed by atoms with Crippen molar-refractivity contribution in [3.63, 3.8) is 0 Å². The van der Waals surface area contributed by atoms with Crippen molar-refractivity contribution in [1.29, 1.82) is 10.5 Å². The van der Waals surface area contributed by atoms with Gasteiger partial charge in [-0.3, -0.25) is 4.68 Å². The Morgan fingerprint density at radius 2 is 2.13 bits per heavy atom. The van der Waals surface area contributed by atoms with Gasteiger partial charge in [-0.1, -0.05) is 20.8 Å². The molecule has 0 saturated carbocycles. The fourth-order valence-electron chi connectivity index (χ4n) is 1.28. The fraction of sp³-hybridized carbons (Fsp3) is 0.500. The van der Waals surface area contributed by atoms with Crippen molar-refractivity contribution in [1.82, 2.24) is 9.78 Å². The van der Waals surface area contributed by atoms with E-state index in [1.807, 2.05) is 11.5 Å². The third kappa shape index (κ3) is 2.74. The fourth-order valence-corrected chi connectivity index (χ4v) is 1.68. The number of thioether (sulfide) groups is 1. The topological polar surface area (TPSA) is 65.4 Å². The maximum absolute atomic E-state index is 8.67. The van der Waals surface area contributed by atoms with Gasteiger partial charge in [0.05, 0.1) is 6.07 Å². The van der Waals surface area contributed by atoms with Gasteiger partial charge >= 0.3 is 0 Å². The summed E-state index contributed by atoms with van der Waals surface area (Å²) in [5.74, 6) is 0. The highest BCUT2D eigenvalue weighted by Crippen LogP contribution is 2.26. The molecule has 0 saturated heterocycles. The number of thiocyanates is 1. The van der Waals surface area contributed by atoms with E-state index in [9.17, 15) is 0 Å². The average molecular weight is 220 g/mol. The summed E-state index contributed by atoms with van der Waals surface area (Å²) >= 11 is 1.02. The molecule has 0 amide bonds. The molecule has 0 bridgehead atoms. The van der Waals surface area contributed by atoms with Gasteiger partial charge in [0.2, 0.25) is 0 Å². The lowest BCUT2D eigenvalue weighted by molar-refractivity contribution is 0.509. The monoisotopic (exact) mass is 220 g/mol. The molecule has 0 unspecified atom stereocenters. The molecule has 0 fully saturated rings. The number of aromatic nitrogens is 2. The van der Waals surface area contributed by atoms with Crippen LogP contribution in [-0.4, -0.2) is 9.78 Å². The minimum atomic E-state index is -0.0713. The van der Waals surface area contributed by atoms with Crippen molar-refractivity contribution < 1.29 is 0 Å². The zero-order valence-corrected chi connectivity index (χ0v) is 9.80. The van der Waals surface area contributed by atoms with E-state index in [4.69, 9.17) is 10.5 Å². The predicted molar refractivity (Wildman–Crippen MR) is 58.0 cm³/mol. The van der Waals surface area contributed by atoms with Gasteiger partial charge in [0.1, 0.15) is 17.0 Å². The standard InChI is InChI=1S/C10H12N4S/c1-10(2,3)8-6-9(15-7-12)13-14(8)5-4-11/h6H,5H2,1-3H3. The summed E-state index contributed by atoms with van der Waals surface area (Å²) in [6, 6.07) is 3.93. The second-order valence-corrected chi connectivity index (χ2v) is 4.93. The summed E-state index contributed by atoms with van der Waals surface area (Å²) in [5, 5.41) is 24.0. The van der Waals surface area contributed by atoms with E-state index in [-0.39, 0.29) is 12.0 Å². The number of rotatable bonds is 2. The molecule has 0 spiro atoms. The number of hydrogen-bond acceptors (Lipinski definition) is 4. The van der Waals surface area contributed by atoms with E-state index >= 15 is 0 Å². The van der Waals surface area contributed by atoms with Gasteiger partial charge in [-0.25, -0.2) is 0 Å². The molecule has 0 aliphatic rings. The smallest absolute Gasteiger partial charge is 0.140 e. The molecule has 0 aliphatic heterocycles. The highest BCUT2D eigenvalue weighted by molar-refractivity contribution is 8.03. The molecule has 1 rings (SSSR count). The van der Waals surface area contributed by atoms with Crippen LogP contribution in [0, 0.1) is 22.0 Å². The zero-order valence-electron chi connectivity index (χ0n) is 8.98. The van der Waals surface area contributed by atoms with Crippen molar-refractivity contribution in [3.05, 3.63) is 11.8 Å². The van der Waals surface area contributed by atoms with Crippen LogP contribution in [0.3, 0.4) is 0 Å². The van der Waals surface area contributed by atoms with Gasteiger partial charge in [0.25, 0.3) is 0 Å². The Labute approximate surface area is 93.5 Å². The summed E-state index contributed by atoms with van der Waals surface area (Å²) in [6.45, 7) is 6.38. The van der Waals surface area contributed by atoms with Crippen LogP contribution in [0.25, 0.3) is 0 Å². The van der Waals surface area contributed by atoms with Crippen molar-refractivity contribution in [2.75, 3.05) is 0 Å². The lowest BCUT2D eigenvalue weighted by Crippen LogP contribution is -2.18. The van der Waals surface area contributed by atoms with Crippen LogP contribution >= 0.6 is 11.8 Å².